The summed E-state index contributed by atoms with van der Waals surface area (Å²) in [4.78, 5) is 5.81. The van der Waals surface area contributed by atoms with Crippen molar-refractivity contribution in [3.05, 3.63) is 21.9 Å². The van der Waals surface area contributed by atoms with E-state index in [1.165, 1.54) is 10.4 Å². The molecule has 1 atom stereocenters. The van der Waals surface area contributed by atoms with Crippen molar-refractivity contribution in [1.29, 1.82) is 0 Å². The summed E-state index contributed by atoms with van der Waals surface area (Å²) in [5.74, 6) is 0.504. The number of hydrogen-bond donors (Lipinski definition) is 2. The first-order valence-electron chi connectivity index (χ1n) is 6.40. The third-order valence-corrected chi connectivity index (χ3v) is 4.15. The van der Waals surface area contributed by atoms with E-state index in [0.29, 0.717) is 12.5 Å². The molecule has 0 aliphatic carbocycles. The van der Waals surface area contributed by atoms with Gasteiger partial charge in [0.15, 0.2) is 5.96 Å². The van der Waals surface area contributed by atoms with Crippen LogP contribution in [0.25, 0.3) is 0 Å². The molecule has 0 spiro atoms. The van der Waals surface area contributed by atoms with Gasteiger partial charge in [-0.3, -0.25) is 4.99 Å². The van der Waals surface area contributed by atoms with Gasteiger partial charge in [0, 0.05) is 17.8 Å². The molecule has 18 heavy (non-hydrogen) atoms. The second-order valence-corrected chi connectivity index (χ2v) is 5.72. The van der Waals surface area contributed by atoms with Crippen molar-refractivity contribution in [2.45, 2.75) is 32.3 Å². The average Bonchev–Trinajstić information content (AvgIpc) is 2.84. The second-order valence-electron chi connectivity index (χ2n) is 4.72. The fourth-order valence-corrected chi connectivity index (χ4v) is 3.11. The SMILES string of the molecule is CCCNC(N)=NCC1(C)OCCc2sccc21. The van der Waals surface area contributed by atoms with E-state index in [9.17, 15) is 0 Å². The van der Waals surface area contributed by atoms with Crippen molar-refractivity contribution in [1.82, 2.24) is 5.32 Å². The Labute approximate surface area is 112 Å². The van der Waals surface area contributed by atoms with Gasteiger partial charge in [-0.1, -0.05) is 6.92 Å². The highest BCUT2D eigenvalue weighted by atomic mass is 32.1. The number of nitrogens with zero attached hydrogens (tertiary/aromatic N) is 1. The summed E-state index contributed by atoms with van der Waals surface area (Å²) in [5.41, 5.74) is 6.76. The number of nitrogens with two attached hydrogens (primary N) is 1. The number of rotatable bonds is 4. The van der Waals surface area contributed by atoms with Crippen molar-refractivity contribution in [2.75, 3.05) is 19.7 Å². The Kier molecular flexibility index (Phi) is 4.24. The Balaban J connectivity index is 2.05. The molecule has 1 aliphatic heterocycles. The minimum atomic E-state index is -0.327. The molecule has 0 fully saturated rings. The van der Waals surface area contributed by atoms with Crippen molar-refractivity contribution < 1.29 is 4.74 Å². The lowest BCUT2D eigenvalue weighted by Gasteiger charge is -2.33. The largest absolute Gasteiger partial charge is 0.370 e. The van der Waals surface area contributed by atoms with Crippen LogP contribution in [0.3, 0.4) is 0 Å². The lowest BCUT2D eigenvalue weighted by molar-refractivity contribution is -0.0375. The van der Waals surface area contributed by atoms with Gasteiger partial charge in [-0.05, 0) is 30.4 Å². The molecule has 4 nitrogen and oxygen atoms in total. The van der Waals surface area contributed by atoms with Gasteiger partial charge in [0.2, 0.25) is 0 Å². The maximum Gasteiger partial charge on any atom is 0.188 e. The van der Waals surface area contributed by atoms with Gasteiger partial charge in [-0.25, -0.2) is 0 Å². The highest BCUT2D eigenvalue weighted by molar-refractivity contribution is 7.10. The molecule has 3 N–H and O–H groups in total. The minimum Gasteiger partial charge on any atom is -0.370 e. The molecule has 2 heterocycles. The van der Waals surface area contributed by atoms with Crippen LogP contribution >= 0.6 is 11.3 Å². The van der Waals surface area contributed by atoms with E-state index in [2.05, 4.69) is 35.6 Å². The molecule has 0 aromatic carbocycles. The molecule has 0 saturated heterocycles. The van der Waals surface area contributed by atoms with E-state index >= 15 is 0 Å². The van der Waals surface area contributed by atoms with Crippen LogP contribution in [-0.2, 0) is 16.8 Å². The Hall–Kier alpha value is -1.07. The molecule has 1 aliphatic rings. The van der Waals surface area contributed by atoms with Gasteiger partial charge in [0.25, 0.3) is 0 Å². The summed E-state index contributed by atoms with van der Waals surface area (Å²) >= 11 is 1.80. The van der Waals surface area contributed by atoms with Crippen LogP contribution in [0.2, 0.25) is 0 Å². The van der Waals surface area contributed by atoms with Crippen LogP contribution in [0, 0.1) is 0 Å². The molecule has 0 saturated carbocycles. The fraction of sp³-hybridized carbons (Fsp3) is 0.615. The Morgan fingerprint density at radius 3 is 3.28 bits per heavy atom. The summed E-state index contributed by atoms with van der Waals surface area (Å²) < 4.78 is 5.92. The minimum absolute atomic E-state index is 0.327. The third kappa shape index (κ3) is 2.84. The number of hydrogen-bond acceptors (Lipinski definition) is 3. The third-order valence-electron chi connectivity index (χ3n) is 3.17. The maximum atomic E-state index is 5.92. The van der Waals surface area contributed by atoms with E-state index in [-0.39, 0.29) is 5.60 Å². The highest BCUT2D eigenvalue weighted by Crippen LogP contribution is 2.36. The first-order valence-corrected chi connectivity index (χ1v) is 7.28. The van der Waals surface area contributed by atoms with Crippen LogP contribution in [-0.4, -0.2) is 25.7 Å². The smallest absolute Gasteiger partial charge is 0.188 e. The van der Waals surface area contributed by atoms with Gasteiger partial charge >= 0.3 is 0 Å². The number of nitrogens with one attached hydrogen (secondary N) is 1. The van der Waals surface area contributed by atoms with Gasteiger partial charge < -0.3 is 15.8 Å². The Bertz CT molecular complexity index is 430. The summed E-state index contributed by atoms with van der Waals surface area (Å²) in [6, 6.07) is 2.14. The molecular formula is C13H21N3OS. The van der Waals surface area contributed by atoms with Gasteiger partial charge in [0.1, 0.15) is 5.60 Å². The van der Waals surface area contributed by atoms with E-state index in [0.717, 1.165) is 26.0 Å². The maximum absolute atomic E-state index is 5.92. The number of fused-ring (bicyclic) bond motifs is 1. The molecule has 1 unspecified atom stereocenters. The van der Waals surface area contributed by atoms with Gasteiger partial charge in [0.05, 0.1) is 13.2 Å². The van der Waals surface area contributed by atoms with E-state index in [1.807, 2.05) is 0 Å². The molecule has 0 bridgehead atoms. The van der Waals surface area contributed by atoms with Crippen LogP contribution in [0.4, 0.5) is 0 Å². The molecule has 2 rings (SSSR count). The van der Waals surface area contributed by atoms with Crippen LogP contribution in [0.1, 0.15) is 30.7 Å². The van der Waals surface area contributed by atoms with Crippen molar-refractivity contribution in [2.24, 2.45) is 10.7 Å². The fourth-order valence-electron chi connectivity index (χ4n) is 2.13. The molecule has 1 aromatic rings. The van der Waals surface area contributed by atoms with Crippen molar-refractivity contribution in [3.63, 3.8) is 0 Å². The molecule has 1 aromatic heterocycles. The summed E-state index contributed by atoms with van der Waals surface area (Å²) in [6.45, 7) is 6.38. The molecular weight excluding hydrogens is 246 g/mol. The highest BCUT2D eigenvalue weighted by Gasteiger charge is 2.33. The zero-order valence-electron chi connectivity index (χ0n) is 11.0. The first kappa shape index (κ1) is 13.4. The van der Waals surface area contributed by atoms with Gasteiger partial charge in [-0.15, -0.1) is 11.3 Å². The van der Waals surface area contributed by atoms with Crippen LogP contribution in [0.5, 0.6) is 0 Å². The van der Waals surface area contributed by atoms with Crippen LogP contribution in [0.15, 0.2) is 16.4 Å². The average molecular weight is 267 g/mol. The topological polar surface area (TPSA) is 59.6 Å². The Morgan fingerprint density at radius 1 is 1.67 bits per heavy atom. The normalized spacial score (nSPS) is 23.8. The summed E-state index contributed by atoms with van der Waals surface area (Å²) in [6.07, 6.45) is 2.05. The lowest BCUT2D eigenvalue weighted by Crippen LogP contribution is -2.38. The quantitative estimate of drug-likeness (QED) is 0.646. The predicted molar refractivity (Wildman–Crippen MR) is 76.1 cm³/mol. The predicted octanol–water partition coefficient (Wildman–Crippen LogP) is 1.85. The first-order chi connectivity index (χ1) is 8.65. The van der Waals surface area contributed by atoms with Gasteiger partial charge in [-0.2, -0.15) is 0 Å². The number of aliphatic imine (C=N–C) groups is 1. The van der Waals surface area contributed by atoms with E-state index in [1.54, 1.807) is 11.3 Å². The second kappa shape index (κ2) is 5.71. The van der Waals surface area contributed by atoms with E-state index < -0.39 is 0 Å². The standard InChI is InChI=1S/C13H21N3OS/c1-3-6-15-12(14)16-9-13(2)10-5-8-18-11(10)4-7-17-13/h5,8H,3-4,6-7,9H2,1-2H3,(H3,14,15,16). The number of guanidine groups is 1. The zero-order valence-corrected chi connectivity index (χ0v) is 11.8. The molecule has 0 amide bonds. The van der Waals surface area contributed by atoms with Crippen LogP contribution < -0.4 is 11.1 Å². The summed E-state index contributed by atoms with van der Waals surface area (Å²) in [5, 5.41) is 5.21. The monoisotopic (exact) mass is 267 g/mol. The van der Waals surface area contributed by atoms with E-state index in [4.69, 9.17) is 10.5 Å². The Morgan fingerprint density at radius 2 is 2.50 bits per heavy atom. The summed E-state index contributed by atoms with van der Waals surface area (Å²) in [7, 11) is 0. The number of thiophene rings is 1. The lowest BCUT2D eigenvalue weighted by atomic mass is 9.93. The molecule has 5 heteroatoms. The number of ether oxygens (including phenoxy) is 1. The molecule has 0 radical (unpaired) electrons. The van der Waals surface area contributed by atoms with Crippen molar-refractivity contribution in [3.8, 4) is 0 Å². The molecule has 100 valence electrons. The van der Waals surface area contributed by atoms with Crippen molar-refractivity contribution >= 4 is 17.3 Å². The zero-order chi connectivity index (χ0) is 13.0.